The zero-order valence-corrected chi connectivity index (χ0v) is 11.5. The largest absolute Gasteiger partial charge is 0.355 e. The number of anilines is 1. The highest BCUT2D eigenvalue weighted by Crippen LogP contribution is 2.23. The highest BCUT2D eigenvalue weighted by molar-refractivity contribution is 7.13. The molecule has 2 aromatic heterocycles. The Hall–Kier alpha value is -1.53. The third-order valence-electron chi connectivity index (χ3n) is 2.64. The van der Waals surface area contributed by atoms with Gasteiger partial charge in [-0.2, -0.15) is 8.75 Å². The number of hydrogen-bond acceptors (Lipinski definition) is 6. The first-order valence-electron chi connectivity index (χ1n) is 5.76. The Morgan fingerprint density at radius 2 is 2.06 bits per heavy atom. The number of hydrogen-bond donors (Lipinski definition) is 1. The number of benzene rings is 1. The second-order valence-corrected chi connectivity index (χ2v) is 5.41. The molecule has 0 saturated carbocycles. The maximum Gasteiger partial charge on any atom is 0.202 e. The second-order valence-electron chi connectivity index (χ2n) is 3.85. The van der Waals surface area contributed by atoms with Crippen molar-refractivity contribution in [1.29, 1.82) is 0 Å². The summed E-state index contributed by atoms with van der Waals surface area (Å²) < 4.78 is 9.94. The third-order valence-corrected chi connectivity index (χ3v) is 4.22. The Morgan fingerprint density at radius 1 is 1.17 bits per heavy atom. The normalized spacial score (nSPS) is 10.9. The molecular formula is C12H12N4S2. The van der Waals surface area contributed by atoms with E-state index in [2.05, 4.69) is 38.1 Å². The molecule has 0 unspecified atom stereocenters. The molecule has 0 aliphatic carbocycles. The van der Waals surface area contributed by atoms with Crippen molar-refractivity contribution in [3.63, 3.8) is 0 Å². The highest BCUT2D eigenvalue weighted by Gasteiger charge is 2.06. The van der Waals surface area contributed by atoms with Crippen LogP contribution in [0.15, 0.2) is 24.3 Å². The summed E-state index contributed by atoms with van der Waals surface area (Å²) in [6, 6.07) is 8.28. The van der Waals surface area contributed by atoms with Gasteiger partial charge in [0.15, 0.2) is 0 Å². The zero-order chi connectivity index (χ0) is 12.4. The van der Waals surface area contributed by atoms with Crippen molar-refractivity contribution >= 4 is 38.3 Å². The van der Waals surface area contributed by atoms with Gasteiger partial charge in [0.1, 0.15) is 5.82 Å². The van der Waals surface area contributed by atoms with E-state index in [1.165, 1.54) is 33.2 Å². The summed E-state index contributed by atoms with van der Waals surface area (Å²) in [5.74, 6) is 0.894. The van der Waals surface area contributed by atoms with Gasteiger partial charge in [-0.1, -0.05) is 25.1 Å². The van der Waals surface area contributed by atoms with Crippen LogP contribution in [0, 0.1) is 0 Å². The van der Waals surface area contributed by atoms with Gasteiger partial charge in [0.2, 0.25) is 5.13 Å². The van der Waals surface area contributed by atoms with Crippen LogP contribution in [-0.4, -0.2) is 13.7 Å². The molecule has 1 N–H and O–H groups in total. The lowest BCUT2D eigenvalue weighted by Crippen LogP contribution is -1.99. The molecular weight excluding hydrogens is 264 g/mol. The van der Waals surface area contributed by atoms with Crippen molar-refractivity contribution in [2.75, 3.05) is 5.32 Å². The fourth-order valence-corrected chi connectivity index (χ4v) is 3.13. The van der Waals surface area contributed by atoms with E-state index in [9.17, 15) is 0 Å². The molecule has 0 saturated heterocycles. The van der Waals surface area contributed by atoms with E-state index in [4.69, 9.17) is 0 Å². The topological polar surface area (TPSA) is 50.7 Å². The van der Waals surface area contributed by atoms with E-state index in [0.29, 0.717) is 6.54 Å². The average molecular weight is 276 g/mol. The third kappa shape index (κ3) is 2.21. The number of nitrogens with zero attached hydrogens (tertiary/aromatic N) is 3. The molecule has 4 nitrogen and oxygen atoms in total. The lowest BCUT2D eigenvalue weighted by Gasteiger charge is -1.99. The first-order chi connectivity index (χ1) is 8.86. The van der Waals surface area contributed by atoms with Crippen LogP contribution in [0.1, 0.15) is 18.4 Å². The molecule has 0 aliphatic heterocycles. The molecule has 2 heterocycles. The summed E-state index contributed by atoms with van der Waals surface area (Å²) in [6.45, 7) is 2.75. The molecule has 3 rings (SSSR count). The quantitative estimate of drug-likeness (QED) is 0.794. The Labute approximate surface area is 113 Å². The molecule has 0 bridgehead atoms. The molecule has 0 spiro atoms. The Balaban J connectivity index is 1.76. The minimum atomic E-state index is 0.697. The SMILES string of the molecule is CCc1nsc(NCc2nsc3ccccc23)n1. The predicted octanol–water partition coefficient (Wildman–Crippen LogP) is 3.32. The van der Waals surface area contributed by atoms with E-state index in [1.54, 1.807) is 0 Å². The fraction of sp³-hybridized carbons (Fsp3) is 0.250. The van der Waals surface area contributed by atoms with Gasteiger partial charge >= 0.3 is 0 Å². The number of aryl methyl sites for hydroxylation is 1. The van der Waals surface area contributed by atoms with E-state index in [0.717, 1.165) is 23.1 Å². The number of rotatable bonds is 4. The van der Waals surface area contributed by atoms with Crippen molar-refractivity contribution in [2.24, 2.45) is 0 Å². The zero-order valence-electron chi connectivity index (χ0n) is 9.88. The molecule has 3 aromatic rings. The summed E-state index contributed by atoms with van der Waals surface area (Å²) in [6.07, 6.45) is 0.873. The maximum absolute atomic E-state index is 4.47. The van der Waals surface area contributed by atoms with Crippen molar-refractivity contribution < 1.29 is 0 Å². The van der Waals surface area contributed by atoms with Gasteiger partial charge in [0.25, 0.3) is 0 Å². The van der Waals surface area contributed by atoms with Crippen LogP contribution < -0.4 is 5.32 Å². The molecule has 0 atom stereocenters. The van der Waals surface area contributed by atoms with Crippen LogP contribution in [0.5, 0.6) is 0 Å². The van der Waals surface area contributed by atoms with Crippen LogP contribution >= 0.6 is 23.1 Å². The first kappa shape index (κ1) is 11.6. The standard InChI is InChI=1S/C12H12N4S2/c1-2-11-14-12(18-16-11)13-7-9-8-5-3-4-6-10(8)17-15-9/h3-6H,2,7H2,1H3,(H,13,14,16). The number of aromatic nitrogens is 3. The lowest BCUT2D eigenvalue weighted by atomic mass is 10.2. The second kappa shape index (κ2) is 4.99. The summed E-state index contributed by atoms with van der Waals surface area (Å²) in [5.41, 5.74) is 1.07. The van der Waals surface area contributed by atoms with Gasteiger partial charge in [-0.25, -0.2) is 4.98 Å². The predicted molar refractivity (Wildman–Crippen MR) is 76.2 cm³/mol. The van der Waals surface area contributed by atoms with Gasteiger partial charge in [-0.15, -0.1) is 0 Å². The Bertz CT molecular complexity index is 659. The van der Waals surface area contributed by atoms with E-state index in [-0.39, 0.29) is 0 Å². The van der Waals surface area contributed by atoms with E-state index in [1.807, 2.05) is 12.1 Å². The van der Waals surface area contributed by atoms with Crippen LogP contribution in [0.3, 0.4) is 0 Å². The first-order valence-corrected chi connectivity index (χ1v) is 7.31. The van der Waals surface area contributed by atoms with Crippen molar-refractivity contribution in [3.05, 3.63) is 35.8 Å². The summed E-state index contributed by atoms with van der Waals surface area (Å²) in [5, 5.41) is 5.37. The Kier molecular flexibility index (Phi) is 3.21. The molecule has 1 aromatic carbocycles. The minimum Gasteiger partial charge on any atom is -0.355 e. The van der Waals surface area contributed by atoms with Crippen LogP contribution in [0.4, 0.5) is 5.13 Å². The molecule has 6 heteroatoms. The van der Waals surface area contributed by atoms with Crippen LogP contribution in [0.25, 0.3) is 10.1 Å². The Morgan fingerprint density at radius 3 is 2.89 bits per heavy atom. The average Bonchev–Trinajstić information content (AvgIpc) is 3.03. The fourth-order valence-electron chi connectivity index (χ4n) is 1.69. The van der Waals surface area contributed by atoms with Gasteiger partial charge in [-0.3, -0.25) is 0 Å². The maximum atomic E-state index is 4.47. The van der Waals surface area contributed by atoms with Crippen molar-refractivity contribution in [3.8, 4) is 0 Å². The summed E-state index contributed by atoms with van der Waals surface area (Å²) in [7, 11) is 0. The summed E-state index contributed by atoms with van der Waals surface area (Å²) >= 11 is 2.94. The summed E-state index contributed by atoms with van der Waals surface area (Å²) in [4.78, 5) is 4.38. The number of fused-ring (bicyclic) bond motifs is 1. The smallest absolute Gasteiger partial charge is 0.202 e. The van der Waals surface area contributed by atoms with Gasteiger partial charge < -0.3 is 5.32 Å². The van der Waals surface area contributed by atoms with Crippen molar-refractivity contribution in [1.82, 2.24) is 13.7 Å². The monoisotopic (exact) mass is 276 g/mol. The lowest BCUT2D eigenvalue weighted by molar-refractivity contribution is 0.991. The van der Waals surface area contributed by atoms with E-state index >= 15 is 0 Å². The molecule has 0 amide bonds. The van der Waals surface area contributed by atoms with E-state index < -0.39 is 0 Å². The molecule has 0 aliphatic rings. The molecule has 0 fully saturated rings. The number of nitrogens with one attached hydrogen (secondary N) is 1. The van der Waals surface area contributed by atoms with Gasteiger partial charge in [0.05, 0.1) is 16.9 Å². The highest BCUT2D eigenvalue weighted by atomic mass is 32.1. The van der Waals surface area contributed by atoms with Crippen molar-refractivity contribution in [2.45, 2.75) is 19.9 Å². The van der Waals surface area contributed by atoms with Crippen LogP contribution in [-0.2, 0) is 13.0 Å². The van der Waals surface area contributed by atoms with Crippen LogP contribution in [0.2, 0.25) is 0 Å². The van der Waals surface area contributed by atoms with Gasteiger partial charge in [0, 0.05) is 23.3 Å². The molecule has 0 radical (unpaired) electrons. The molecule has 92 valence electrons. The minimum absolute atomic E-state index is 0.697. The van der Waals surface area contributed by atoms with Gasteiger partial charge in [-0.05, 0) is 17.6 Å². The molecule has 18 heavy (non-hydrogen) atoms.